The molecule has 4 heterocycles. The van der Waals surface area contributed by atoms with E-state index in [1.54, 1.807) is 30.9 Å². The molecule has 126 valence electrons. The normalized spacial score (nSPS) is 17.3. The van der Waals surface area contributed by atoms with Crippen LogP contribution < -0.4 is 10.2 Å². The van der Waals surface area contributed by atoms with Gasteiger partial charge in [0.05, 0.1) is 6.20 Å². The summed E-state index contributed by atoms with van der Waals surface area (Å²) in [6.45, 7) is 1.90. The zero-order valence-corrected chi connectivity index (χ0v) is 13.8. The van der Waals surface area contributed by atoms with Gasteiger partial charge in [0.2, 0.25) is 5.95 Å². The van der Waals surface area contributed by atoms with Crippen molar-refractivity contribution in [1.82, 2.24) is 24.9 Å². The minimum absolute atomic E-state index is 0.370. The first-order valence-corrected chi connectivity index (χ1v) is 8.40. The van der Waals surface area contributed by atoms with Crippen molar-refractivity contribution >= 4 is 17.6 Å². The molecule has 1 unspecified atom stereocenters. The van der Waals surface area contributed by atoms with Gasteiger partial charge in [0, 0.05) is 49.5 Å². The highest BCUT2D eigenvalue weighted by Gasteiger charge is 2.23. The summed E-state index contributed by atoms with van der Waals surface area (Å²) in [4.78, 5) is 24.0. The zero-order valence-electron chi connectivity index (χ0n) is 13.8. The molecule has 1 aliphatic rings. The number of hydrogen-bond acceptors (Lipinski definition) is 7. The van der Waals surface area contributed by atoms with Crippen LogP contribution in [0.5, 0.6) is 0 Å². The van der Waals surface area contributed by atoms with E-state index in [1.807, 2.05) is 18.3 Å². The van der Waals surface area contributed by atoms with Gasteiger partial charge in [-0.15, -0.1) is 0 Å². The summed E-state index contributed by atoms with van der Waals surface area (Å²) in [7, 11) is 0. The molecule has 3 aromatic rings. The van der Waals surface area contributed by atoms with E-state index in [0.717, 1.165) is 43.3 Å². The number of rotatable bonds is 4. The van der Waals surface area contributed by atoms with Gasteiger partial charge in [-0.05, 0) is 31.0 Å². The molecular formula is C18H19N7. The molecule has 0 radical (unpaired) electrons. The second kappa shape index (κ2) is 7.21. The monoisotopic (exact) mass is 333 g/mol. The van der Waals surface area contributed by atoms with Crippen LogP contribution in [0.2, 0.25) is 0 Å². The molecule has 1 saturated heterocycles. The molecule has 1 N–H and O–H groups in total. The van der Waals surface area contributed by atoms with Crippen LogP contribution >= 0.6 is 0 Å². The summed E-state index contributed by atoms with van der Waals surface area (Å²) < 4.78 is 0. The Hall–Kier alpha value is -3.09. The molecule has 3 aromatic heterocycles. The fourth-order valence-electron chi connectivity index (χ4n) is 3.11. The Morgan fingerprint density at radius 2 is 1.92 bits per heavy atom. The molecule has 7 nitrogen and oxygen atoms in total. The zero-order chi connectivity index (χ0) is 16.9. The lowest BCUT2D eigenvalue weighted by Gasteiger charge is -2.33. The largest absolute Gasteiger partial charge is 0.355 e. The first-order valence-electron chi connectivity index (χ1n) is 8.40. The van der Waals surface area contributed by atoms with Crippen molar-refractivity contribution in [1.29, 1.82) is 0 Å². The average Bonchev–Trinajstić information content (AvgIpc) is 2.70. The Kier molecular flexibility index (Phi) is 4.45. The van der Waals surface area contributed by atoms with Crippen LogP contribution in [0.15, 0.2) is 55.2 Å². The lowest BCUT2D eigenvalue weighted by atomic mass is 9.94. The van der Waals surface area contributed by atoms with Gasteiger partial charge in [-0.25, -0.2) is 19.9 Å². The van der Waals surface area contributed by atoms with Gasteiger partial charge >= 0.3 is 0 Å². The van der Waals surface area contributed by atoms with E-state index >= 15 is 0 Å². The predicted molar refractivity (Wildman–Crippen MR) is 95.8 cm³/mol. The molecule has 7 heteroatoms. The van der Waals surface area contributed by atoms with Gasteiger partial charge in [-0.1, -0.05) is 6.07 Å². The lowest BCUT2D eigenvalue weighted by Crippen LogP contribution is -2.35. The maximum atomic E-state index is 4.77. The summed E-state index contributed by atoms with van der Waals surface area (Å²) in [6, 6.07) is 7.83. The smallest absolute Gasteiger partial charge is 0.228 e. The summed E-state index contributed by atoms with van der Waals surface area (Å²) in [6.07, 6.45) is 10.9. The van der Waals surface area contributed by atoms with Crippen LogP contribution in [-0.2, 0) is 0 Å². The number of aromatic nitrogens is 5. The van der Waals surface area contributed by atoms with Gasteiger partial charge in [0.15, 0.2) is 0 Å². The molecule has 25 heavy (non-hydrogen) atoms. The Labute approximate surface area is 146 Å². The number of pyridine rings is 1. The minimum Gasteiger partial charge on any atom is -0.355 e. The molecule has 1 fully saturated rings. The van der Waals surface area contributed by atoms with Gasteiger partial charge in [-0.3, -0.25) is 4.98 Å². The fourth-order valence-corrected chi connectivity index (χ4v) is 3.11. The summed E-state index contributed by atoms with van der Waals surface area (Å²) in [5, 5.41) is 3.16. The van der Waals surface area contributed by atoms with E-state index in [2.05, 4.69) is 36.2 Å². The maximum Gasteiger partial charge on any atom is 0.228 e. The van der Waals surface area contributed by atoms with Crippen molar-refractivity contribution < 1.29 is 0 Å². The van der Waals surface area contributed by atoms with Crippen LogP contribution in [0.4, 0.5) is 17.6 Å². The van der Waals surface area contributed by atoms with Crippen LogP contribution in [0.3, 0.4) is 0 Å². The van der Waals surface area contributed by atoms with E-state index in [0.29, 0.717) is 11.9 Å². The molecule has 0 aromatic carbocycles. The highest BCUT2D eigenvalue weighted by molar-refractivity contribution is 5.47. The average molecular weight is 333 g/mol. The number of nitrogens with zero attached hydrogens (tertiary/aromatic N) is 6. The Morgan fingerprint density at radius 1 is 1.00 bits per heavy atom. The molecule has 0 bridgehead atoms. The molecule has 1 atom stereocenters. The molecular weight excluding hydrogens is 314 g/mol. The van der Waals surface area contributed by atoms with Crippen molar-refractivity contribution in [2.45, 2.75) is 18.8 Å². The van der Waals surface area contributed by atoms with Gasteiger partial charge in [0.25, 0.3) is 0 Å². The molecule has 0 amide bonds. The summed E-state index contributed by atoms with van der Waals surface area (Å²) in [5.74, 6) is 2.62. The van der Waals surface area contributed by atoms with Gasteiger partial charge < -0.3 is 10.2 Å². The topological polar surface area (TPSA) is 79.7 Å². The molecule has 0 spiro atoms. The number of piperidine rings is 1. The third kappa shape index (κ3) is 3.71. The van der Waals surface area contributed by atoms with E-state index in [4.69, 9.17) is 4.98 Å². The standard InChI is InChI=1S/C18H19N7/c1-5-15(23-16(6-1)24-18-21-7-3-8-22-18)14-4-2-11-25(13-14)17-12-19-9-10-20-17/h1,3,5-10,12,14H,2,4,11,13H2,(H,21,22,23,24). The van der Waals surface area contributed by atoms with Crippen LogP contribution in [0, 0.1) is 0 Å². The van der Waals surface area contributed by atoms with Crippen molar-refractivity contribution in [3.8, 4) is 0 Å². The van der Waals surface area contributed by atoms with Crippen LogP contribution in [0.25, 0.3) is 0 Å². The molecule has 0 saturated carbocycles. The van der Waals surface area contributed by atoms with E-state index in [9.17, 15) is 0 Å². The lowest BCUT2D eigenvalue weighted by molar-refractivity contribution is 0.498. The second-order valence-corrected chi connectivity index (χ2v) is 5.99. The highest BCUT2D eigenvalue weighted by Crippen LogP contribution is 2.28. The number of nitrogens with one attached hydrogen (secondary N) is 1. The quantitative estimate of drug-likeness (QED) is 0.786. The second-order valence-electron chi connectivity index (χ2n) is 5.99. The van der Waals surface area contributed by atoms with Crippen molar-refractivity contribution in [3.63, 3.8) is 0 Å². The maximum absolute atomic E-state index is 4.77. The SMILES string of the molecule is c1cnc(Nc2cccc(C3CCCN(c4cnccn4)C3)n2)nc1. The molecule has 0 aliphatic carbocycles. The Bertz CT molecular complexity index is 810. The molecule has 1 aliphatic heterocycles. The number of hydrogen-bond donors (Lipinski definition) is 1. The van der Waals surface area contributed by atoms with Gasteiger partial charge in [-0.2, -0.15) is 0 Å². The first-order chi connectivity index (χ1) is 12.4. The first kappa shape index (κ1) is 15.4. The van der Waals surface area contributed by atoms with Crippen molar-refractivity contribution in [2.75, 3.05) is 23.3 Å². The Morgan fingerprint density at radius 3 is 2.76 bits per heavy atom. The predicted octanol–water partition coefficient (Wildman–Crippen LogP) is 2.79. The Balaban J connectivity index is 1.50. The number of anilines is 3. The minimum atomic E-state index is 0.370. The van der Waals surface area contributed by atoms with Crippen LogP contribution in [0.1, 0.15) is 24.5 Å². The molecule has 4 rings (SSSR count). The highest BCUT2D eigenvalue weighted by atomic mass is 15.2. The van der Waals surface area contributed by atoms with E-state index < -0.39 is 0 Å². The summed E-state index contributed by atoms with van der Waals surface area (Å²) in [5.41, 5.74) is 1.08. The summed E-state index contributed by atoms with van der Waals surface area (Å²) >= 11 is 0. The van der Waals surface area contributed by atoms with Gasteiger partial charge in [0.1, 0.15) is 11.6 Å². The third-order valence-electron chi connectivity index (χ3n) is 4.29. The van der Waals surface area contributed by atoms with Crippen molar-refractivity contribution in [2.24, 2.45) is 0 Å². The van der Waals surface area contributed by atoms with Crippen molar-refractivity contribution in [3.05, 3.63) is 60.9 Å². The third-order valence-corrected chi connectivity index (χ3v) is 4.29. The fraction of sp³-hybridized carbons (Fsp3) is 0.278. The van der Waals surface area contributed by atoms with Crippen LogP contribution in [-0.4, -0.2) is 38.0 Å². The van der Waals surface area contributed by atoms with E-state index in [1.165, 1.54) is 0 Å². The van der Waals surface area contributed by atoms with E-state index in [-0.39, 0.29) is 0 Å².